The number of benzene rings is 1. The Balaban J connectivity index is 1.81. The van der Waals surface area contributed by atoms with Crippen molar-refractivity contribution in [2.75, 3.05) is 19.7 Å². The molecule has 26 heavy (non-hydrogen) atoms. The third kappa shape index (κ3) is 4.11. The number of carboxylic acid groups (broad SMARTS) is 1. The normalized spacial score (nSPS) is 16.6. The van der Waals surface area contributed by atoms with Gasteiger partial charge in [0, 0.05) is 19.7 Å². The third-order valence-electron chi connectivity index (χ3n) is 4.57. The van der Waals surface area contributed by atoms with Crippen molar-refractivity contribution in [1.82, 2.24) is 14.7 Å². The molecule has 3 rings (SSSR count). The van der Waals surface area contributed by atoms with E-state index < -0.39 is 5.97 Å². The highest BCUT2D eigenvalue weighted by atomic mass is 16.5. The number of nitrogens with zero attached hydrogens (tertiary/aromatic N) is 3. The van der Waals surface area contributed by atoms with E-state index in [9.17, 15) is 9.59 Å². The molecular formula is C19H23N3O4. The van der Waals surface area contributed by atoms with Crippen LogP contribution in [0.25, 0.3) is 5.69 Å². The minimum Gasteiger partial charge on any atom is -0.481 e. The van der Waals surface area contributed by atoms with Crippen LogP contribution < -0.4 is 0 Å². The summed E-state index contributed by atoms with van der Waals surface area (Å²) in [5, 5.41) is 13.3. The molecule has 7 nitrogen and oxygen atoms in total. The van der Waals surface area contributed by atoms with Gasteiger partial charge in [-0.3, -0.25) is 9.59 Å². The van der Waals surface area contributed by atoms with Crippen LogP contribution in [-0.4, -0.2) is 57.5 Å². The van der Waals surface area contributed by atoms with Crippen LogP contribution in [0.15, 0.2) is 36.5 Å². The number of rotatable bonds is 7. The highest BCUT2D eigenvalue weighted by Gasteiger charge is 2.26. The van der Waals surface area contributed by atoms with Crippen LogP contribution in [0.3, 0.4) is 0 Å². The zero-order valence-electron chi connectivity index (χ0n) is 14.8. The Bertz CT molecular complexity index is 766. The van der Waals surface area contributed by atoms with E-state index in [1.165, 1.54) is 0 Å². The minimum atomic E-state index is -0.924. The first-order chi connectivity index (χ1) is 12.6. The zero-order valence-corrected chi connectivity index (χ0v) is 14.8. The Morgan fingerprint density at radius 2 is 2.12 bits per heavy atom. The fourth-order valence-corrected chi connectivity index (χ4v) is 3.16. The van der Waals surface area contributed by atoms with Gasteiger partial charge in [-0.1, -0.05) is 18.2 Å². The van der Waals surface area contributed by atoms with Gasteiger partial charge in [0.2, 0.25) is 0 Å². The van der Waals surface area contributed by atoms with Gasteiger partial charge in [0.15, 0.2) is 0 Å². The van der Waals surface area contributed by atoms with Crippen molar-refractivity contribution in [2.45, 2.75) is 32.3 Å². The van der Waals surface area contributed by atoms with E-state index >= 15 is 0 Å². The van der Waals surface area contributed by atoms with Gasteiger partial charge in [0.05, 0.1) is 35.7 Å². The molecule has 1 aromatic carbocycles. The van der Waals surface area contributed by atoms with Gasteiger partial charge < -0.3 is 14.7 Å². The number of amides is 1. The number of para-hydroxylation sites is 1. The van der Waals surface area contributed by atoms with Gasteiger partial charge in [0.25, 0.3) is 5.91 Å². The maximum Gasteiger partial charge on any atom is 0.305 e. The molecule has 0 aliphatic carbocycles. The van der Waals surface area contributed by atoms with Crippen LogP contribution in [0.4, 0.5) is 0 Å². The van der Waals surface area contributed by atoms with Crippen LogP contribution in [0.2, 0.25) is 0 Å². The van der Waals surface area contributed by atoms with E-state index in [1.807, 2.05) is 37.3 Å². The molecule has 0 radical (unpaired) electrons. The van der Waals surface area contributed by atoms with Crippen molar-refractivity contribution in [3.63, 3.8) is 0 Å². The van der Waals surface area contributed by atoms with Gasteiger partial charge in [0.1, 0.15) is 0 Å². The SMILES string of the molecule is Cc1c(C(=O)N(CCC(=O)O)C[C@H]2CCCO2)cnn1-c1ccccc1. The maximum absolute atomic E-state index is 13.0. The number of aliphatic carboxylic acids is 1. The van der Waals surface area contributed by atoms with Crippen LogP contribution in [0.5, 0.6) is 0 Å². The molecule has 138 valence electrons. The zero-order chi connectivity index (χ0) is 18.5. The minimum absolute atomic E-state index is 0.0304. The summed E-state index contributed by atoms with van der Waals surface area (Å²) in [6, 6.07) is 9.58. The topological polar surface area (TPSA) is 84.7 Å². The number of carbonyl (C=O) groups is 2. The summed E-state index contributed by atoms with van der Waals surface area (Å²) in [4.78, 5) is 25.6. The molecule has 0 bridgehead atoms. The Kier molecular flexibility index (Phi) is 5.68. The first-order valence-corrected chi connectivity index (χ1v) is 8.79. The summed E-state index contributed by atoms with van der Waals surface area (Å²) in [7, 11) is 0. The summed E-state index contributed by atoms with van der Waals surface area (Å²) in [5.41, 5.74) is 2.09. The fourth-order valence-electron chi connectivity index (χ4n) is 3.16. The van der Waals surface area contributed by atoms with Crippen molar-refractivity contribution in [2.24, 2.45) is 0 Å². The predicted molar refractivity (Wildman–Crippen MR) is 95.4 cm³/mol. The summed E-state index contributed by atoms with van der Waals surface area (Å²) >= 11 is 0. The van der Waals surface area contributed by atoms with E-state index in [1.54, 1.807) is 15.8 Å². The second-order valence-electron chi connectivity index (χ2n) is 6.42. The second-order valence-corrected chi connectivity index (χ2v) is 6.42. The van der Waals surface area contributed by atoms with Crippen molar-refractivity contribution in [1.29, 1.82) is 0 Å². The summed E-state index contributed by atoms with van der Waals surface area (Å²) in [6.07, 6.45) is 3.28. The van der Waals surface area contributed by atoms with E-state index in [4.69, 9.17) is 9.84 Å². The molecule has 7 heteroatoms. The molecule has 1 amide bonds. The molecular weight excluding hydrogens is 334 g/mol. The van der Waals surface area contributed by atoms with Gasteiger partial charge in [-0.05, 0) is 31.9 Å². The molecule has 1 saturated heterocycles. The van der Waals surface area contributed by atoms with E-state index in [0.717, 1.165) is 24.2 Å². The largest absolute Gasteiger partial charge is 0.481 e. The summed E-state index contributed by atoms with van der Waals surface area (Å²) < 4.78 is 7.34. The highest BCUT2D eigenvalue weighted by molar-refractivity contribution is 5.95. The second kappa shape index (κ2) is 8.14. The monoisotopic (exact) mass is 357 g/mol. The lowest BCUT2D eigenvalue weighted by Crippen LogP contribution is -2.39. The Hall–Kier alpha value is -2.67. The van der Waals surface area contributed by atoms with Crippen molar-refractivity contribution >= 4 is 11.9 Å². The highest BCUT2D eigenvalue weighted by Crippen LogP contribution is 2.19. The van der Waals surface area contributed by atoms with Crippen molar-refractivity contribution in [3.05, 3.63) is 47.8 Å². The van der Waals surface area contributed by atoms with Crippen LogP contribution >= 0.6 is 0 Å². The van der Waals surface area contributed by atoms with Gasteiger partial charge in [-0.15, -0.1) is 0 Å². The van der Waals surface area contributed by atoms with Gasteiger partial charge >= 0.3 is 5.97 Å². The summed E-state index contributed by atoms with van der Waals surface area (Å²) in [6.45, 7) is 3.09. The molecule has 0 saturated carbocycles. The number of aromatic nitrogens is 2. The number of hydrogen-bond acceptors (Lipinski definition) is 4. The molecule has 2 aromatic rings. The summed E-state index contributed by atoms with van der Waals surface area (Å²) in [5.74, 6) is -1.13. The Labute approximate surface area is 152 Å². The molecule has 1 aliphatic heterocycles. The average Bonchev–Trinajstić information content (AvgIpc) is 3.28. The smallest absolute Gasteiger partial charge is 0.305 e. The number of ether oxygens (including phenoxy) is 1. The van der Waals surface area contributed by atoms with Gasteiger partial charge in [-0.25, -0.2) is 4.68 Å². The molecule has 1 fully saturated rings. The molecule has 1 N–H and O–H groups in total. The first-order valence-electron chi connectivity index (χ1n) is 8.79. The lowest BCUT2D eigenvalue weighted by molar-refractivity contribution is -0.137. The quantitative estimate of drug-likeness (QED) is 0.822. The molecule has 1 aromatic heterocycles. The predicted octanol–water partition coefficient (Wildman–Crippen LogP) is 2.28. The standard InChI is InChI=1S/C19H23N3O4/c1-14-17(12-20-22(14)15-6-3-2-4-7-15)19(25)21(10-9-18(23)24)13-16-8-5-11-26-16/h2-4,6-7,12,16H,5,8-11,13H2,1H3,(H,23,24)/t16-/m1/s1. The van der Waals surface area contributed by atoms with E-state index in [0.29, 0.717) is 18.7 Å². The molecule has 1 aliphatic rings. The Morgan fingerprint density at radius 1 is 1.35 bits per heavy atom. The first kappa shape index (κ1) is 18.1. The maximum atomic E-state index is 13.0. The molecule has 2 heterocycles. The number of carbonyl (C=O) groups excluding carboxylic acids is 1. The number of carboxylic acids is 1. The van der Waals surface area contributed by atoms with E-state index in [2.05, 4.69) is 5.10 Å². The molecule has 1 atom stereocenters. The van der Waals surface area contributed by atoms with Crippen LogP contribution in [0.1, 0.15) is 35.3 Å². The van der Waals surface area contributed by atoms with Crippen LogP contribution in [0, 0.1) is 6.92 Å². The van der Waals surface area contributed by atoms with Crippen molar-refractivity contribution in [3.8, 4) is 5.69 Å². The third-order valence-corrected chi connectivity index (χ3v) is 4.57. The van der Waals surface area contributed by atoms with Gasteiger partial charge in [-0.2, -0.15) is 5.10 Å². The Morgan fingerprint density at radius 3 is 2.77 bits per heavy atom. The average molecular weight is 357 g/mol. The lowest BCUT2D eigenvalue weighted by atomic mass is 10.1. The number of hydrogen-bond donors (Lipinski definition) is 1. The van der Waals surface area contributed by atoms with Crippen molar-refractivity contribution < 1.29 is 19.4 Å². The van der Waals surface area contributed by atoms with E-state index in [-0.39, 0.29) is 25.0 Å². The lowest BCUT2D eigenvalue weighted by Gasteiger charge is -2.25. The molecule has 0 unspecified atom stereocenters. The van der Waals surface area contributed by atoms with Crippen LogP contribution in [-0.2, 0) is 9.53 Å². The molecule has 0 spiro atoms. The fraction of sp³-hybridized carbons (Fsp3) is 0.421.